The zero-order valence-corrected chi connectivity index (χ0v) is 26.2. The Morgan fingerprint density at radius 2 is 1.79 bits per heavy atom. The molecule has 2 aliphatic carbocycles. The molecule has 3 aromatic rings. The van der Waals surface area contributed by atoms with Gasteiger partial charge < -0.3 is 19.9 Å². The molecule has 3 aliphatic rings. The van der Waals surface area contributed by atoms with E-state index in [-0.39, 0.29) is 5.91 Å². The van der Waals surface area contributed by atoms with E-state index < -0.39 is 0 Å². The van der Waals surface area contributed by atoms with Crippen LogP contribution in [0.5, 0.6) is 0 Å². The van der Waals surface area contributed by atoms with E-state index in [1.807, 2.05) is 56.1 Å². The molecule has 2 fully saturated rings. The SMILES string of the molecule is CNc1cccc(-c2cccc(NC(=O)c3nc4c(n3C)CCN(CCCC35CCC(COC)(CC3)C5)C4)c2Cl)c1C. The van der Waals surface area contributed by atoms with E-state index in [9.17, 15) is 4.79 Å². The van der Waals surface area contributed by atoms with Crippen molar-refractivity contribution in [3.63, 3.8) is 0 Å². The number of hydrogen-bond acceptors (Lipinski definition) is 5. The Morgan fingerprint density at radius 3 is 2.52 bits per heavy atom. The van der Waals surface area contributed by atoms with E-state index in [0.717, 1.165) is 66.4 Å². The predicted octanol–water partition coefficient (Wildman–Crippen LogP) is 7.08. The average molecular weight is 590 g/mol. The molecule has 1 amide bonds. The smallest absolute Gasteiger partial charge is 0.291 e. The second-order valence-electron chi connectivity index (χ2n) is 13.0. The minimum Gasteiger partial charge on any atom is -0.388 e. The lowest BCUT2D eigenvalue weighted by Gasteiger charge is -2.30. The van der Waals surface area contributed by atoms with Gasteiger partial charge in [0.1, 0.15) is 0 Å². The summed E-state index contributed by atoms with van der Waals surface area (Å²) in [6, 6.07) is 11.9. The van der Waals surface area contributed by atoms with Crippen LogP contribution in [0.2, 0.25) is 5.02 Å². The molecular weight excluding hydrogens is 546 g/mol. The summed E-state index contributed by atoms with van der Waals surface area (Å²) in [6.45, 7) is 5.90. The molecular formula is C34H44ClN5O2. The summed E-state index contributed by atoms with van der Waals surface area (Å²) < 4.78 is 7.54. The zero-order chi connectivity index (χ0) is 29.5. The van der Waals surface area contributed by atoms with Crippen LogP contribution < -0.4 is 10.6 Å². The minimum atomic E-state index is -0.237. The van der Waals surface area contributed by atoms with E-state index in [0.29, 0.717) is 27.4 Å². The first-order chi connectivity index (χ1) is 20.3. The number of carbonyl (C=O) groups excluding carboxylic acids is 1. The highest BCUT2D eigenvalue weighted by Crippen LogP contribution is 2.63. The molecule has 1 aromatic heterocycles. The monoisotopic (exact) mass is 589 g/mol. The van der Waals surface area contributed by atoms with Gasteiger partial charge in [-0.15, -0.1) is 0 Å². The normalized spacial score (nSPS) is 23.3. The number of rotatable bonds is 10. The van der Waals surface area contributed by atoms with Crippen molar-refractivity contribution in [1.29, 1.82) is 0 Å². The van der Waals surface area contributed by atoms with Gasteiger partial charge in [-0.05, 0) is 92.5 Å². The molecule has 1 aliphatic heterocycles. The number of halogens is 1. The molecule has 0 radical (unpaired) electrons. The molecule has 7 nitrogen and oxygen atoms in total. The molecule has 2 bridgehead atoms. The Labute approximate surface area is 255 Å². The first-order valence-corrected chi connectivity index (χ1v) is 15.8. The molecule has 2 N–H and O–H groups in total. The molecule has 0 atom stereocenters. The number of hydrogen-bond donors (Lipinski definition) is 2. The fourth-order valence-corrected chi connectivity index (χ4v) is 8.44. The summed E-state index contributed by atoms with van der Waals surface area (Å²) in [5.41, 5.74) is 7.85. The summed E-state index contributed by atoms with van der Waals surface area (Å²) in [4.78, 5) is 20.8. The third-order valence-corrected chi connectivity index (χ3v) is 10.8. The van der Waals surface area contributed by atoms with Crippen LogP contribution in [-0.4, -0.2) is 54.2 Å². The van der Waals surface area contributed by atoms with Crippen LogP contribution in [0.3, 0.4) is 0 Å². The second kappa shape index (κ2) is 11.7. The van der Waals surface area contributed by atoms with Crippen molar-refractivity contribution < 1.29 is 9.53 Å². The maximum atomic E-state index is 13.5. The van der Waals surface area contributed by atoms with E-state index in [1.54, 1.807) is 0 Å². The molecule has 2 heterocycles. The highest BCUT2D eigenvalue weighted by molar-refractivity contribution is 6.36. The number of nitrogens with one attached hydrogen (secondary N) is 2. The number of aromatic nitrogens is 2. The van der Waals surface area contributed by atoms with Gasteiger partial charge in [-0.3, -0.25) is 9.69 Å². The van der Waals surface area contributed by atoms with Gasteiger partial charge in [-0.2, -0.15) is 0 Å². The minimum absolute atomic E-state index is 0.237. The number of fused-ring (bicyclic) bond motifs is 3. The summed E-state index contributed by atoms with van der Waals surface area (Å²) in [7, 11) is 5.71. The lowest BCUT2D eigenvalue weighted by molar-refractivity contribution is 0.0860. The molecule has 2 saturated carbocycles. The highest BCUT2D eigenvalue weighted by Gasteiger charge is 2.53. The molecule has 0 unspecified atom stereocenters. The van der Waals surface area contributed by atoms with Crippen molar-refractivity contribution in [3.05, 3.63) is 64.2 Å². The fraction of sp³-hybridized carbons (Fsp3) is 0.529. The van der Waals surface area contributed by atoms with Crippen molar-refractivity contribution in [2.24, 2.45) is 17.9 Å². The van der Waals surface area contributed by atoms with Crippen molar-refractivity contribution in [3.8, 4) is 11.1 Å². The largest absolute Gasteiger partial charge is 0.388 e. The Balaban J connectivity index is 1.10. The number of amides is 1. The van der Waals surface area contributed by atoms with Gasteiger partial charge in [-0.1, -0.05) is 35.9 Å². The molecule has 42 heavy (non-hydrogen) atoms. The van der Waals surface area contributed by atoms with Gasteiger partial charge in [0.15, 0.2) is 5.82 Å². The molecule has 0 saturated heterocycles. The quantitative estimate of drug-likeness (QED) is 0.264. The maximum absolute atomic E-state index is 13.5. The Bertz CT molecular complexity index is 1470. The lowest BCUT2D eigenvalue weighted by Crippen LogP contribution is -2.32. The topological polar surface area (TPSA) is 71.4 Å². The van der Waals surface area contributed by atoms with Crippen molar-refractivity contribution in [2.75, 3.05) is 44.5 Å². The molecule has 8 heteroatoms. The molecule has 224 valence electrons. The van der Waals surface area contributed by atoms with Crippen molar-refractivity contribution in [1.82, 2.24) is 14.5 Å². The van der Waals surface area contributed by atoms with Gasteiger partial charge in [0.25, 0.3) is 5.91 Å². The second-order valence-corrected chi connectivity index (χ2v) is 13.4. The van der Waals surface area contributed by atoms with Crippen LogP contribution in [0.4, 0.5) is 11.4 Å². The van der Waals surface area contributed by atoms with Crippen LogP contribution in [-0.2, 0) is 24.8 Å². The molecule has 2 aromatic carbocycles. The van der Waals surface area contributed by atoms with Crippen LogP contribution >= 0.6 is 11.6 Å². The zero-order valence-electron chi connectivity index (χ0n) is 25.5. The van der Waals surface area contributed by atoms with E-state index >= 15 is 0 Å². The first kappa shape index (κ1) is 29.2. The first-order valence-electron chi connectivity index (χ1n) is 15.4. The summed E-state index contributed by atoms with van der Waals surface area (Å²) in [6.07, 6.45) is 10.2. The van der Waals surface area contributed by atoms with E-state index in [2.05, 4.69) is 28.5 Å². The number of nitrogens with zero attached hydrogens (tertiary/aromatic N) is 3. The van der Waals surface area contributed by atoms with Crippen LogP contribution in [0.1, 0.15) is 72.5 Å². The van der Waals surface area contributed by atoms with Crippen LogP contribution in [0, 0.1) is 17.8 Å². The molecule has 6 rings (SSSR count). The Hall–Kier alpha value is -2.87. The number of ether oxygens (including phenoxy) is 1. The lowest BCUT2D eigenvalue weighted by atomic mass is 9.79. The standard InChI is InChI=1S/C34H44ClN5O2/c1-23-24(8-5-10-26(23)36-2)25-9-6-11-27(30(25)35)38-32(41)31-37-28-20-40(19-12-29(28)39(31)3)18-7-13-33-14-16-34(21-33,17-15-33)22-42-4/h5-6,8-11,36H,7,12-22H2,1-4H3,(H,38,41). The number of methoxy groups -OCH3 is 1. The van der Waals surface area contributed by atoms with Gasteiger partial charge in [0.2, 0.25) is 0 Å². The van der Waals surface area contributed by atoms with E-state index in [4.69, 9.17) is 21.3 Å². The van der Waals surface area contributed by atoms with Gasteiger partial charge >= 0.3 is 0 Å². The summed E-state index contributed by atoms with van der Waals surface area (Å²) >= 11 is 6.87. The number of carbonyl (C=O) groups is 1. The summed E-state index contributed by atoms with van der Waals surface area (Å²) in [5, 5.41) is 6.80. The Kier molecular flexibility index (Phi) is 8.11. The number of benzene rings is 2. The fourth-order valence-electron chi connectivity index (χ4n) is 8.17. The van der Waals surface area contributed by atoms with Crippen LogP contribution in [0.15, 0.2) is 36.4 Å². The van der Waals surface area contributed by atoms with Gasteiger partial charge in [0, 0.05) is 57.7 Å². The van der Waals surface area contributed by atoms with Gasteiger partial charge in [0.05, 0.1) is 23.0 Å². The Morgan fingerprint density at radius 1 is 1.07 bits per heavy atom. The molecule has 0 spiro atoms. The third-order valence-electron chi connectivity index (χ3n) is 10.4. The predicted molar refractivity (Wildman–Crippen MR) is 170 cm³/mol. The van der Waals surface area contributed by atoms with Crippen molar-refractivity contribution >= 4 is 28.9 Å². The van der Waals surface area contributed by atoms with Gasteiger partial charge in [-0.25, -0.2) is 4.98 Å². The average Bonchev–Trinajstić information content (AvgIpc) is 3.64. The van der Waals surface area contributed by atoms with Crippen LogP contribution in [0.25, 0.3) is 11.1 Å². The maximum Gasteiger partial charge on any atom is 0.291 e. The third kappa shape index (κ3) is 5.36. The van der Waals surface area contributed by atoms with Crippen molar-refractivity contribution in [2.45, 2.75) is 64.8 Å². The van der Waals surface area contributed by atoms with E-state index in [1.165, 1.54) is 44.9 Å². The number of imidazole rings is 1. The summed E-state index contributed by atoms with van der Waals surface area (Å²) in [5.74, 6) is 0.196. The highest BCUT2D eigenvalue weighted by atomic mass is 35.5. The number of anilines is 2.